The fourth-order valence-corrected chi connectivity index (χ4v) is 3.74. The van der Waals surface area contributed by atoms with E-state index in [9.17, 15) is 23.3 Å². The standard InChI is InChI=1S/C20H13Cl2N3O6S/c21-17-9-8-13(10-18(17)22)20(26)24-23-12-14-4-1-2-7-19(14)31-32(29,30)16-6-3-5-15(11-16)25(27)28/h1-12H,(H,24,26)/b23-12-. The largest absolute Gasteiger partial charge is 0.378 e. The first kappa shape index (κ1) is 23.2. The van der Waals surface area contributed by atoms with Crippen LogP contribution >= 0.6 is 23.2 Å². The summed E-state index contributed by atoms with van der Waals surface area (Å²) in [6, 6.07) is 14.8. The van der Waals surface area contributed by atoms with Crippen LogP contribution in [0.5, 0.6) is 5.75 Å². The Labute approximate surface area is 192 Å². The van der Waals surface area contributed by atoms with E-state index >= 15 is 0 Å². The number of nitro benzene ring substituents is 1. The highest BCUT2D eigenvalue weighted by molar-refractivity contribution is 7.87. The normalized spacial score (nSPS) is 11.3. The lowest BCUT2D eigenvalue weighted by molar-refractivity contribution is -0.385. The molecule has 12 heteroatoms. The molecule has 0 aliphatic carbocycles. The molecule has 0 aliphatic rings. The van der Waals surface area contributed by atoms with E-state index in [0.29, 0.717) is 5.02 Å². The summed E-state index contributed by atoms with van der Waals surface area (Å²) in [5, 5.41) is 15.2. The second-order valence-electron chi connectivity index (χ2n) is 6.16. The zero-order chi connectivity index (χ0) is 23.3. The molecule has 164 valence electrons. The molecule has 1 N–H and O–H groups in total. The molecule has 0 saturated heterocycles. The topological polar surface area (TPSA) is 128 Å². The highest BCUT2D eigenvalue weighted by Crippen LogP contribution is 2.24. The van der Waals surface area contributed by atoms with Gasteiger partial charge in [-0.3, -0.25) is 14.9 Å². The lowest BCUT2D eigenvalue weighted by Gasteiger charge is -2.09. The molecule has 0 unspecified atom stereocenters. The van der Waals surface area contributed by atoms with E-state index in [-0.39, 0.29) is 26.8 Å². The predicted octanol–water partition coefficient (Wildman–Crippen LogP) is 4.43. The lowest BCUT2D eigenvalue weighted by Crippen LogP contribution is -2.17. The number of rotatable bonds is 7. The molecule has 0 radical (unpaired) electrons. The number of hydrazone groups is 1. The number of carbonyl (C=O) groups is 1. The van der Waals surface area contributed by atoms with Gasteiger partial charge in [-0.1, -0.05) is 41.4 Å². The minimum Gasteiger partial charge on any atom is -0.378 e. The van der Waals surface area contributed by atoms with Gasteiger partial charge in [0.1, 0.15) is 4.90 Å². The molecular formula is C20H13Cl2N3O6S. The summed E-state index contributed by atoms with van der Waals surface area (Å²) in [5.74, 6) is -0.658. The van der Waals surface area contributed by atoms with Crippen LogP contribution in [0.15, 0.2) is 76.7 Å². The van der Waals surface area contributed by atoms with E-state index in [0.717, 1.165) is 12.1 Å². The average Bonchev–Trinajstić information content (AvgIpc) is 2.76. The first-order valence-electron chi connectivity index (χ1n) is 8.74. The maximum atomic E-state index is 12.6. The van der Waals surface area contributed by atoms with E-state index < -0.39 is 26.6 Å². The first-order valence-corrected chi connectivity index (χ1v) is 10.9. The zero-order valence-electron chi connectivity index (χ0n) is 15.9. The molecule has 0 spiro atoms. The second kappa shape index (κ2) is 9.77. The van der Waals surface area contributed by atoms with Crippen LogP contribution in [0.3, 0.4) is 0 Å². The minimum atomic E-state index is -4.37. The van der Waals surface area contributed by atoms with Gasteiger partial charge in [0.2, 0.25) is 0 Å². The number of nitrogens with one attached hydrogen (secondary N) is 1. The van der Waals surface area contributed by atoms with Gasteiger partial charge in [0.05, 0.1) is 21.2 Å². The van der Waals surface area contributed by atoms with Gasteiger partial charge in [0.15, 0.2) is 5.75 Å². The van der Waals surface area contributed by atoms with Gasteiger partial charge < -0.3 is 4.18 Å². The summed E-state index contributed by atoms with van der Waals surface area (Å²) in [7, 11) is -4.37. The third-order valence-electron chi connectivity index (χ3n) is 3.99. The number of benzene rings is 3. The molecule has 32 heavy (non-hydrogen) atoms. The van der Waals surface area contributed by atoms with Crippen LogP contribution in [0.2, 0.25) is 10.0 Å². The summed E-state index contributed by atoms with van der Waals surface area (Å²) in [6.45, 7) is 0. The van der Waals surface area contributed by atoms with E-state index in [1.807, 2.05) is 0 Å². The van der Waals surface area contributed by atoms with Gasteiger partial charge >= 0.3 is 10.1 Å². The molecule has 3 rings (SSSR count). The van der Waals surface area contributed by atoms with Crippen LogP contribution in [0.4, 0.5) is 5.69 Å². The predicted molar refractivity (Wildman–Crippen MR) is 119 cm³/mol. The van der Waals surface area contributed by atoms with Crippen molar-refractivity contribution in [2.75, 3.05) is 0 Å². The molecule has 0 aromatic heterocycles. The maximum absolute atomic E-state index is 12.6. The van der Waals surface area contributed by atoms with Gasteiger partial charge in [0.25, 0.3) is 11.6 Å². The summed E-state index contributed by atoms with van der Waals surface area (Å²) < 4.78 is 30.3. The maximum Gasteiger partial charge on any atom is 0.339 e. The number of hydrogen-bond donors (Lipinski definition) is 1. The van der Waals surface area contributed by atoms with Crippen molar-refractivity contribution in [3.8, 4) is 5.75 Å². The number of amides is 1. The Morgan fingerprint density at radius 3 is 2.50 bits per heavy atom. The average molecular weight is 494 g/mol. The summed E-state index contributed by atoms with van der Waals surface area (Å²) in [6.07, 6.45) is 1.19. The Hall–Kier alpha value is -3.47. The summed E-state index contributed by atoms with van der Waals surface area (Å²) in [5.41, 5.74) is 2.34. The Morgan fingerprint density at radius 2 is 1.78 bits per heavy atom. The number of para-hydroxylation sites is 1. The molecule has 9 nitrogen and oxygen atoms in total. The minimum absolute atomic E-state index is 0.0912. The van der Waals surface area contributed by atoms with E-state index in [1.54, 1.807) is 6.07 Å². The van der Waals surface area contributed by atoms with Gasteiger partial charge in [0, 0.05) is 23.3 Å². The number of halogens is 2. The summed E-state index contributed by atoms with van der Waals surface area (Å²) >= 11 is 11.7. The number of hydrogen-bond acceptors (Lipinski definition) is 7. The van der Waals surface area contributed by atoms with Crippen molar-refractivity contribution in [1.29, 1.82) is 0 Å². The van der Waals surface area contributed by atoms with Gasteiger partial charge in [-0.05, 0) is 36.4 Å². The monoisotopic (exact) mass is 493 g/mol. The van der Waals surface area contributed by atoms with Crippen molar-refractivity contribution in [2.24, 2.45) is 5.10 Å². The Balaban J connectivity index is 1.78. The lowest BCUT2D eigenvalue weighted by atomic mass is 10.2. The second-order valence-corrected chi connectivity index (χ2v) is 8.52. The summed E-state index contributed by atoms with van der Waals surface area (Å²) in [4.78, 5) is 22.0. The van der Waals surface area contributed by atoms with Gasteiger partial charge in [-0.2, -0.15) is 13.5 Å². The zero-order valence-corrected chi connectivity index (χ0v) is 18.3. The van der Waals surface area contributed by atoms with Crippen molar-refractivity contribution < 1.29 is 22.3 Å². The highest BCUT2D eigenvalue weighted by Gasteiger charge is 2.21. The van der Waals surface area contributed by atoms with Crippen molar-refractivity contribution in [3.63, 3.8) is 0 Å². The van der Waals surface area contributed by atoms with Crippen LogP contribution in [-0.4, -0.2) is 25.5 Å². The Bertz CT molecular complexity index is 1330. The van der Waals surface area contributed by atoms with E-state index in [1.165, 1.54) is 54.7 Å². The molecule has 0 fully saturated rings. The first-order chi connectivity index (χ1) is 15.2. The number of non-ortho nitro benzene ring substituents is 1. The van der Waals surface area contributed by atoms with Crippen molar-refractivity contribution in [3.05, 3.63) is 98.0 Å². The van der Waals surface area contributed by atoms with Gasteiger partial charge in [-0.15, -0.1) is 0 Å². The Kier molecular flexibility index (Phi) is 7.08. The van der Waals surface area contributed by atoms with Crippen molar-refractivity contribution >= 4 is 51.1 Å². The fraction of sp³-hybridized carbons (Fsp3) is 0. The molecule has 3 aromatic carbocycles. The van der Waals surface area contributed by atoms with Crippen LogP contribution < -0.4 is 9.61 Å². The molecule has 0 atom stereocenters. The molecule has 0 aliphatic heterocycles. The van der Waals surface area contributed by atoms with Crippen LogP contribution in [-0.2, 0) is 10.1 Å². The van der Waals surface area contributed by atoms with Crippen molar-refractivity contribution in [2.45, 2.75) is 4.90 Å². The Morgan fingerprint density at radius 1 is 1.03 bits per heavy atom. The molecule has 3 aromatic rings. The number of nitrogens with zero attached hydrogens (tertiary/aromatic N) is 2. The molecule has 0 saturated carbocycles. The third kappa shape index (κ3) is 5.61. The molecule has 0 heterocycles. The quantitative estimate of drug-likeness (QED) is 0.224. The third-order valence-corrected chi connectivity index (χ3v) is 5.96. The highest BCUT2D eigenvalue weighted by atomic mass is 35.5. The SMILES string of the molecule is O=C(N/N=C\c1ccccc1OS(=O)(=O)c1cccc([N+](=O)[O-])c1)c1ccc(Cl)c(Cl)c1. The smallest absolute Gasteiger partial charge is 0.339 e. The van der Waals surface area contributed by atoms with E-state index in [2.05, 4.69) is 10.5 Å². The molecule has 1 amide bonds. The molecular weight excluding hydrogens is 481 g/mol. The number of nitro groups is 1. The fourth-order valence-electron chi connectivity index (χ4n) is 2.44. The van der Waals surface area contributed by atoms with Crippen LogP contribution in [0.1, 0.15) is 15.9 Å². The van der Waals surface area contributed by atoms with Crippen LogP contribution in [0, 0.1) is 10.1 Å². The molecule has 0 bridgehead atoms. The van der Waals surface area contributed by atoms with Gasteiger partial charge in [-0.25, -0.2) is 5.43 Å². The van der Waals surface area contributed by atoms with E-state index in [4.69, 9.17) is 27.4 Å². The van der Waals surface area contributed by atoms with Crippen molar-refractivity contribution in [1.82, 2.24) is 5.43 Å². The number of carbonyl (C=O) groups excluding carboxylic acids is 1. The van der Waals surface area contributed by atoms with Crippen LogP contribution in [0.25, 0.3) is 0 Å².